The van der Waals surface area contributed by atoms with Gasteiger partial charge in [-0.05, 0) is 25.5 Å². The number of aliphatic hydroxyl groups excluding tert-OH is 2. The zero-order valence-electron chi connectivity index (χ0n) is 16.4. The van der Waals surface area contributed by atoms with E-state index in [0.29, 0.717) is 24.2 Å². The topological polar surface area (TPSA) is 78.6 Å². The summed E-state index contributed by atoms with van der Waals surface area (Å²) in [5.41, 5.74) is 4.02. The predicted molar refractivity (Wildman–Crippen MR) is 111 cm³/mol. The number of aliphatic hydroxyl groups is 2. The van der Waals surface area contributed by atoms with Crippen LogP contribution in [0, 0.1) is 12.8 Å². The monoisotopic (exact) mass is 391 g/mol. The minimum absolute atomic E-state index is 0.0657. The van der Waals surface area contributed by atoms with E-state index in [9.17, 15) is 15.0 Å². The molecule has 2 atom stereocenters. The lowest BCUT2D eigenvalue weighted by Crippen LogP contribution is -2.47. The standard InChI is InChI=1S/C23H25N3O3/c1-16-7-9-17(10-8-16)22-20(13-26(24-22)19-5-3-2-4-6-19)23(29)25-12-11-18(15-27)21(28)14-25/h2-10,13,18,21,27-28H,11-12,14-15H2,1H3/t18-,21-/m1/s1. The molecule has 0 spiro atoms. The number of carbonyl (C=O) groups excluding carboxylic acids is 1. The van der Waals surface area contributed by atoms with E-state index in [1.54, 1.807) is 15.8 Å². The van der Waals surface area contributed by atoms with Crippen LogP contribution in [0.25, 0.3) is 16.9 Å². The Bertz CT molecular complexity index is 982. The molecule has 4 rings (SSSR count). The molecule has 2 N–H and O–H groups in total. The Balaban J connectivity index is 1.72. The number of aryl methyl sites for hydroxylation is 1. The lowest BCUT2D eigenvalue weighted by molar-refractivity contribution is 0.000903. The molecule has 0 radical (unpaired) electrons. The summed E-state index contributed by atoms with van der Waals surface area (Å²) in [4.78, 5) is 15.0. The van der Waals surface area contributed by atoms with Crippen molar-refractivity contribution in [2.75, 3.05) is 19.7 Å². The van der Waals surface area contributed by atoms with Crippen molar-refractivity contribution < 1.29 is 15.0 Å². The number of benzene rings is 2. The van der Waals surface area contributed by atoms with Crippen LogP contribution in [0.15, 0.2) is 60.8 Å². The molecule has 1 aliphatic heterocycles. The molecule has 3 aromatic rings. The van der Waals surface area contributed by atoms with Crippen molar-refractivity contribution in [2.24, 2.45) is 5.92 Å². The van der Waals surface area contributed by atoms with Crippen molar-refractivity contribution in [1.82, 2.24) is 14.7 Å². The summed E-state index contributed by atoms with van der Waals surface area (Å²) < 4.78 is 1.72. The quantitative estimate of drug-likeness (QED) is 0.717. The number of para-hydroxylation sites is 1. The average Bonchev–Trinajstić information content (AvgIpc) is 3.20. The summed E-state index contributed by atoms with van der Waals surface area (Å²) in [5, 5.41) is 24.3. The van der Waals surface area contributed by atoms with Crippen molar-refractivity contribution in [3.05, 3.63) is 71.9 Å². The number of piperidine rings is 1. The second-order valence-electron chi connectivity index (χ2n) is 7.59. The molecular formula is C23H25N3O3. The van der Waals surface area contributed by atoms with Crippen LogP contribution >= 0.6 is 0 Å². The Kier molecular flexibility index (Phi) is 5.47. The van der Waals surface area contributed by atoms with E-state index < -0.39 is 6.10 Å². The number of likely N-dealkylation sites (tertiary alicyclic amines) is 1. The number of hydrogen-bond donors (Lipinski definition) is 2. The van der Waals surface area contributed by atoms with Gasteiger partial charge in [0, 0.05) is 37.4 Å². The van der Waals surface area contributed by atoms with Crippen LogP contribution in [0.2, 0.25) is 0 Å². The Morgan fingerprint density at radius 2 is 1.86 bits per heavy atom. The molecule has 1 saturated heterocycles. The van der Waals surface area contributed by atoms with Crippen LogP contribution in [0.5, 0.6) is 0 Å². The summed E-state index contributed by atoms with van der Waals surface area (Å²) in [5.74, 6) is -0.333. The molecule has 6 nitrogen and oxygen atoms in total. The van der Waals surface area contributed by atoms with Gasteiger partial charge < -0.3 is 15.1 Å². The maximum atomic E-state index is 13.3. The van der Waals surface area contributed by atoms with E-state index in [2.05, 4.69) is 0 Å². The first-order valence-corrected chi connectivity index (χ1v) is 9.87. The minimum atomic E-state index is -0.718. The number of rotatable bonds is 4. The van der Waals surface area contributed by atoms with Crippen molar-refractivity contribution in [1.29, 1.82) is 0 Å². The van der Waals surface area contributed by atoms with Crippen molar-refractivity contribution in [2.45, 2.75) is 19.4 Å². The average molecular weight is 391 g/mol. The first kappa shape index (κ1) is 19.4. The molecular weight excluding hydrogens is 366 g/mol. The molecule has 2 aromatic carbocycles. The van der Waals surface area contributed by atoms with Crippen LogP contribution in [0.3, 0.4) is 0 Å². The van der Waals surface area contributed by atoms with E-state index in [1.165, 1.54) is 0 Å². The molecule has 1 amide bonds. The molecule has 150 valence electrons. The summed E-state index contributed by atoms with van der Waals surface area (Å²) in [6.07, 6.45) is 1.62. The van der Waals surface area contributed by atoms with E-state index in [0.717, 1.165) is 16.8 Å². The van der Waals surface area contributed by atoms with Gasteiger partial charge in [0.1, 0.15) is 5.69 Å². The summed E-state index contributed by atoms with van der Waals surface area (Å²) in [6.45, 7) is 2.67. The Morgan fingerprint density at radius 1 is 1.14 bits per heavy atom. The molecule has 6 heteroatoms. The molecule has 0 bridgehead atoms. The number of amides is 1. The zero-order chi connectivity index (χ0) is 20.4. The minimum Gasteiger partial charge on any atom is -0.396 e. The van der Waals surface area contributed by atoms with Crippen LogP contribution in [0.4, 0.5) is 0 Å². The van der Waals surface area contributed by atoms with Gasteiger partial charge in [-0.1, -0.05) is 48.0 Å². The molecule has 0 unspecified atom stereocenters. The summed E-state index contributed by atoms with van der Waals surface area (Å²) in [6, 6.07) is 17.6. The maximum Gasteiger partial charge on any atom is 0.257 e. The van der Waals surface area contributed by atoms with Gasteiger partial charge in [-0.25, -0.2) is 4.68 Å². The molecule has 0 aliphatic carbocycles. The van der Waals surface area contributed by atoms with Crippen molar-refractivity contribution in [3.63, 3.8) is 0 Å². The lowest BCUT2D eigenvalue weighted by atomic mass is 9.94. The van der Waals surface area contributed by atoms with Gasteiger partial charge in [-0.3, -0.25) is 4.79 Å². The van der Waals surface area contributed by atoms with Gasteiger partial charge in [-0.2, -0.15) is 5.10 Å². The molecule has 1 aromatic heterocycles. The number of hydrogen-bond acceptors (Lipinski definition) is 4. The van der Waals surface area contributed by atoms with Gasteiger partial charge in [0.25, 0.3) is 5.91 Å². The number of β-amino-alcohol motifs (C(OH)–C–C–N with tert-alkyl or cyclic N) is 1. The van der Waals surface area contributed by atoms with Crippen LogP contribution in [-0.2, 0) is 0 Å². The van der Waals surface area contributed by atoms with Gasteiger partial charge in [0.15, 0.2) is 0 Å². The zero-order valence-corrected chi connectivity index (χ0v) is 16.4. The van der Waals surface area contributed by atoms with Crippen LogP contribution in [0.1, 0.15) is 22.3 Å². The molecule has 0 saturated carbocycles. The first-order chi connectivity index (χ1) is 14.1. The number of aromatic nitrogens is 2. The Hall–Kier alpha value is -2.96. The third-order valence-corrected chi connectivity index (χ3v) is 5.53. The number of carbonyl (C=O) groups is 1. The SMILES string of the molecule is Cc1ccc(-c2nn(-c3ccccc3)cc2C(=O)N2CC[C@H](CO)[C@H](O)C2)cc1. The second-order valence-corrected chi connectivity index (χ2v) is 7.59. The smallest absolute Gasteiger partial charge is 0.257 e. The molecule has 2 heterocycles. The van der Waals surface area contributed by atoms with E-state index in [-0.39, 0.29) is 25.0 Å². The Morgan fingerprint density at radius 3 is 2.52 bits per heavy atom. The highest BCUT2D eigenvalue weighted by Crippen LogP contribution is 2.27. The highest BCUT2D eigenvalue weighted by molar-refractivity contribution is 6.00. The van der Waals surface area contributed by atoms with Crippen molar-refractivity contribution >= 4 is 5.91 Å². The molecule has 1 fully saturated rings. The highest BCUT2D eigenvalue weighted by Gasteiger charge is 2.32. The van der Waals surface area contributed by atoms with Gasteiger partial charge in [0.2, 0.25) is 0 Å². The molecule has 29 heavy (non-hydrogen) atoms. The molecule has 1 aliphatic rings. The highest BCUT2D eigenvalue weighted by atomic mass is 16.3. The van der Waals surface area contributed by atoms with E-state index in [1.807, 2.05) is 61.5 Å². The van der Waals surface area contributed by atoms with Crippen LogP contribution in [-0.4, -0.2) is 56.6 Å². The fourth-order valence-corrected chi connectivity index (χ4v) is 3.72. The van der Waals surface area contributed by atoms with Crippen molar-refractivity contribution in [3.8, 4) is 16.9 Å². The lowest BCUT2D eigenvalue weighted by Gasteiger charge is -2.35. The largest absolute Gasteiger partial charge is 0.396 e. The van der Waals surface area contributed by atoms with E-state index in [4.69, 9.17) is 5.10 Å². The predicted octanol–water partition coefficient (Wildman–Crippen LogP) is 2.66. The van der Waals surface area contributed by atoms with Gasteiger partial charge in [-0.15, -0.1) is 0 Å². The van der Waals surface area contributed by atoms with E-state index >= 15 is 0 Å². The normalized spacial score (nSPS) is 19.3. The maximum absolute atomic E-state index is 13.3. The van der Waals surface area contributed by atoms with Crippen LogP contribution < -0.4 is 0 Å². The number of nitrogens with zero attached hydrogens (tertiary/aromatic N) is 3. The second kappa shape index (κ2) is 8.19. The first-order valence-electron chi connectivity index (χ1n) is 9.87. The fourth-order valence-electron chi connectivity index (χ4n) is 3.72. The summed E-state index contributed by atoms with van der Waals surface area (Å²) >= 11 is 0. The van der Waals surface area contributed by atoms with Gasteiger partial charge in [0.05, 0.1) is 17.4 Å². The third-order valence-electron chi connectivity index (χ3n) is 5.53. The third kappa shape index (κ3) is 3.95. The van der Waals surface area contributed by atoms with Gasteiger partial charge >= 0.3 is 0 Å². The fraction of sp³-hybridized carbons (Fsp3) is 0.304. The Labute approximate surface area is 170 Å². The summed E-state index contributed by atoms with van der Waals surface area (Å²) in [7, 11) is 0.